The highest BCUT2D eigenvalue weighted by Crippen LogP contribution is 2.27. The van der Waals surface area contributed by atoms with Gasteiger partial charge >= 0.3 is 11.7 Å². The summed E-state index contributed by atoms with van der Waals surface area (Å²) >= 11 is 0. The predicted octanol–water partition coefficient (Wildman–Crippen LogP) is 0.879. The van der Waals surface area contributed by atoms with Gasteiger partial charge in [-0.1, -0.05) is 0 Å². The van der Waals surface area contributed by atoms with Gasteiger partial charge in [0, 0.05) is 6.07 Å². The molecule has 0 bridgehead atoms. The molecule has 32 heavy (non-hydrogen) atoms. The molecule has 2 rings (SSSR count). The Bertz CT molecular complexity index is 969. The number of carbonyl (C=O) groups excluding carboxylic acids is 2. The Morgan fingerprint density at radius 1 is 1.00 bits per heavy atom. The van der Waals surface area contributed by atoms with Crippen LogP contribution < -0.4 is 26.3 Å². The number of methoxy groups -OCH3 is 1. The Hall–Kier alpha value is -3.84. The van der Waals surface area contributed by atoms with Gasteiger partial charge in [0.2, 0.25) is 5.88 Å². The summed E-state index contributed by atoms with van der Waals surface area (Å²) in [6, 6.07) is 5.08. The van der Waals surface area contributed by atoms with Gasteiger partial charge in [-0.25, -0.2) is 14.8 Å². The number of nitrogens with two attached hydrogens (primary N) is 2. The molecule has 0 aliphatic rings. The molecule has 13 heteroatoms. The first-order valence-electron chi connectivity index (χ1n) is 9.63. The van der Waals surface area contributed by atoms with E-state index < -0.39 is 16.8 Å². The molecule has 2 aromatic heterocycles. The van der Waals surface area contributed by atoms with Gasteiger partial charge in [-0.2, -0.15) is 0 Å². The number of esters is 1. The third kappa shape index (κ3) is 6.58. The van der Waals surface area contributed by atoms with Gasteiger partial charge in [-0.15, -0.1) is 0 Å². The number of amides is 1. The van der Waals surface area contributed by atoms with E-state index >= 15 is 0 Å². The van der Waals surface area contributed by atoms with Crippen molar-refractivity contribution in [1.29, 1.82) is 0 Å². The zero-order valence-corrected chi connectivity index (χ0v) is 17.4. The maximum Gasteiger partial charge on any atom is 0.356 e. The fraction of sp³-hybridized carbons (Fsp3) is 0.368. The lowest BCUT2D eigenvalue weighted by atomic mass is 10.2. The van der Waals surface area contributed by atoms with E-state index in [9.17, 15) is 19.7 Å². The number of rotatable bonds is 12. The van der Waals surface area contributed by atoms with E-state index in [4.69, 9.17) is 20.9 Å². The van der Waals surface area contributed by atoms with Crippen molar-refractivity contribution in [3.63, 3.8) is 0 Å². The Morgan fingerprint density at radius 3 is 2.19 bits per heavy atom. The number of nitro groups is 1. The zero-order valence-electron chi connectivity index (χ0n) is 17.4. The molecule has 2 aromatic rings. The fourth-order valence-electron chi connectivity index (χ4n) is 2.36. The number of pyridine rings is 2. The monoisotopic (exact) mass is 448 g/mol. The van der Waals surface area contributed by atoms with Crippen LogP contribution in [0.4, 0.5) is 11.4 Å². The van der Waals surface area contributed by atoms with Crippen LogP contribution in [0.3, 0.4) is 0 Å². The SMILES string of the molecule is COC(=O)c1ccc(NC(=O)c2ccc([N+](=O)[O-])c(OCCCN)n2)c(OCCCN)n1. The molecule has 13 nitrogen and oxygen atoms in total. The third-order valence-corrected chi connectivity index (χ3v) is 3.95. The largest absolute Gasteiger partial charge is 0.476 e. The number of aromatic nitrogens is 2. The van der Waals surface area contributed by atoms with Crippen molar-refractivity contribution >= 4 is 23.3 Å². The molecule has 0 spiro atoms. The number of hydrogen-bond donors (Lipinski definition) is 3. The summed E-state index contributed by atoms with van der Waals surface area (Å²) in [7, 11) is 1.21. The molecule has 172 valence electrons. The Balaban J connectivity index is 2.29. The minimum atomic E-state index is -0.695. The molecule has 0 atom stereocenters. The van der Waals surface area contributed by atoms with E-state index in [1.54, 1.807) is 0 Å². The molecule has 0 aromatic carbocycles. The summed E-state index contributed by atoms with van der Waals surface area (Å²) in [5, 5.41) is 13.8. The molecule has 0 saturated carbocycles. The maximum absolute atomic E-state index is 12.7. The van der Waals surface area contributed by atoms with Crippen LogP contribution >= 0.6 is 0 Å². The molecule has 5 N–H and O–H groups in total. The van der Waals surface area contributed by atoms with E-state index in [1.165, 1.54) is 25.3 Å². The second-order valence-corrected chi connectivity index (χ2v) is 6.25. The summed E-state index contributed by atoms with van der Waals surface area (Å²) in [6.07, 6.45) is 0.974. The van der Waals surface area contributed by atoms with Crippen LogP contribution in [0.25, 0.3) is 0 Å². The fourth-order valence-corrected chi connectivity index (χ4v) is 2.36. The van der Waals surface area contributed by atoms with Gasteiger partial charge < -0.3 is 31.0 Å². The Labute approximate surface area is 183 Å². The Morgan fingerprint density at radius 2 is 1.59 bits per heavy atom. The Kier molecular flexibility index (Phi) is 9.25. The van der Waals surface area contributed by atoms with Crippen LogP contribution in [0, 0.1) is 10.1 Å². The number of ether oxygens (including phenoxy) is 3. The summed E-state index contributed by atoms with van der Waals surface area (Å²) in [5.74, 6) is -1.69. The van der Waals surface area contributed by atoms with E-state index in [1.807, 2.05) is 0 Å². The average molecular weight is 448 g/mol. The highest BCUT2D eigenvalue weighted by molar-refractivity contribution is 6.04. The molecule has 0 fully saturated rings. The van der Waals surface area contributed by atoms with Crippen LogP contribution in [0.1, 0.15) is 33.8 Å². The molecule has 0 unspecified atom stereocenters. The predicted molar refractivity (Wildman–Crippen MR) is 113 cm³/mol. The quantitative estimate of drug-likeness (QED) is 0.180. The van der Waals surface area contributed by atoms with Crippen molar-refractivity contribution in [3.8, 4) is 11.8 Å². The van der Waals surface area contributed by atoms with Crippen LogP contribution in [0.2, 0.25) is 0 Å². The lowest BCUT2D eigenvalue weighted by molar-refractivity contribution is -0.386. The first kappa shape index (κ1) is 24.4. The van der Waals surface area contributed by atoms with E-state index in [0.717, 1.165) is 6.07 Å². The lowest BCUT2D eigenvalue weighted by Crippen LogP contribution is -2.17. The van der Waals surface area contributed by atoms with Crippen molar-refractivity contribution < 1.29 is 28.7 Å². The summed E-state index contributed by atoms with van der Waals surface area (Å²) in [4.78, 5) is 43.0. The number of hydrogen-bond acceptors (Lipinski definition) is 11. The highest BCUT2D eigenvalue weighted by Gasteiger charge is 2.22. The van der Waals surface area contributed by atoms with Gasteiger partial charge in [0.25, 0.3) is 11.8 Å². The van der Waals surface area contributed by atoms with Gasteiger partial charge in [0.1, 0.15) is 11.4 Å². The van der Waals surface area contributed by atoms with Crippen LogP contribution in [-0.4, -0.2) is 60.2 Å². The lowest BCUT2D eigenvalue weighted by Gasteiger charge is -2.13. The molecular formula is C19H24N6O7. The number of nitrogens with zero attached hydrogens (tertiary/aromatic N) is 3. The minimum Gasteiger partial charge on any atom is -0.476 e. The normalized spacial score (nSPS) is 10.3. The average Bonchev–Trinajstić information content (AvgIpc) is 2.79. The third-order valence-electron chi connectivity index (χ3n) is 3.95. The second-order valence-electron chi connectivity index (χ2n) is 6.25. The second kappa shape index (κ2) is 12.1. The maximum atomic E-state index is 12.7. The van der Waals surface area contributed by atoms with E-state index in [0.29, 0.717) is 25.9 Å². The molecule has 0 aliphatic carbocycles. The zero-order chi connectivity index (χ0) is 23.5. The topological polar surface area (TPSA) is 195 Å². The summed E-state index contributed by atoms with van der Waals surface area (Å²) < 4.78 is 15.5. The summed E-state index contributed by atoms with van der Waals surface area (Å²) in [5.41, 5.74) is 10.5. The standard InChI is InChI=1S/C19H24N6O7/c1-30-19(27)14-5-4-13(17(24-14)31-10-2-8-20)22-16(26)12-6-7-15(25(28)29)18(23-12)32-11-3-9-21/h4-7H,2-3,8-11,20-21H2,1H3,(H,22,26). The van der Waals surface area contributed by atoms with Gasteiger partial charge in [-0.05, 0) is 44.1 Å². The number of carbonyl (C=O) groups is 2. The summed E-state index contributed by atoms with van der Waals surface area (Å²) in [6.45, 7) is 1.01. The molecular weight excluding hydrogens is 424 g/mol. The molecule has 1 amide bonds. The van der Waals surface area contributed by atoms with Crippen LogP contribution in [-0.2, 0) is 4.74 Å². The first-order valence-corrected chi connectivity index (χ1v) is 9.63. The minimum absolute atomic E-state index is 0.0164. The van der Waals surface area contributed by atoms with Crippen LogP contribution in [0.15, 0.2) is 24.3 Å². The van der Waals surface area contributed by atoms with Crippen LogP contribution in [0.5, 0.6) is 11.8 Å². The van der Waals surface area contributed by atoms with Crippen molar-refractivity contribution in [2.75, 3.05) is 38.7 Å². The van der Waals surface area contributed by atoms with Gasteiger partial charge in [-0.3, -0.25) is 14.9 Å². The smallest absolute Gasteiger partial charge is 0.356 e. The molecule has 0 saturated heterocycles. The number of anilines is 1. The molecule has 0 radical (unpaired) electrons. The van der Waals surface area contributed by atoms with Crippen molar-refractivity contribution in [1.82, 2.24) is 9.97 Å². The van der Waals surface area contributed by atoms with Crippen molar-refractivity contribution in [2.24, 2.45) is 11.5 Å². The van der Waals surface area contributed by atoms with Crippen molar-refractivity contribution in [2.45, 2.75) is 12.8 Å². The van der Waals surface area contributed by atoms with Crippen molar-refractivity contribution in [3.05, 3.63) is 45.8 Å². The van der Waals surface area contributed by atoms with E-state index in [2.05, 4.69) is 20.0 Å². The van der Waals surface area contributed by atoms with E-state index in [-0.39, 0.29) is 47.7 Å². The van der Waals surface area contributed by atoms with Gasteiger partial charge in [0.15, 0.2) is 5.69 Å². The van der Waals surface area contributed by atoms with Gasteiger partial charge in [0.05, 0.1) is 25.2 Å². The number of nitrogens with one attached hydrogen (secondary N) is 1. The molecule has 0 aliphatic heterocycles. The highest BCUT2D eigenvalue weighted by atomic mass is 16.6. The molecule has 2 heterocycles. The first-order chi connectivity index (χ1) is 15.4.